The molecule has 0 radical (unpaired) electrons. The van der Waals surface area contributed by atoms with Gasteiger partial charge in [0.25, 0.3) is 0 Å². The van der Waals surface area contributed by atoms with E-state index in [4.69, 9.17) is 32.4 Å². The standard InChI is InChI=1S/C24H17Cl2NO3/c25-21-4-3-5-22(26)24(21)29-16-20-11-10-19(30-20)12-13-23(28)17-6-8-18(9-7-17)27-14-1-2-15-27/h1-15H,16H2/b13-12+. The number of allylic oxidation sites excluding steroid dienone is 1. The van der Waals surface area contributed by atoms with Crippen LogP contribution in [0.5, 0.6) is 5.75 Å². The zero-order valence-electron chi connectivity index (χ0n) is 15.8. The third-order valence-electron chi connectivity index (χ3n) is 4.41. The Kier molecular flexibility index (Phi) is 6.07. The first-order valence-corrected chi connectivity index (χ1v) is 9.97. The Hall–Kier alpha value is -3.21. The van der Waals surface area contributed by atoms with Crippen LogP contribution in [0.4, 0.5) is 0 Å². The van der Waals surface area contributed by atoms with E-state index in [1.54, 1.807) is 48.5 Å². The van der Waals surface area contributed by atoms with Crippen LogP contribution < -0.4 is 4.74 Å². The lowest BCUT2D eigenvalue weighted by Gasteiger charge is -2.07. The number of rotatable bonds is 7. The number of hydrogen-bond donors (Lipinski definition) is 0. The normalized spacial score (nSPS) is 11.1. The predicted octanol–water partition coefficient (Wildman–Crippen LogP) is 6.85. The number of ether oxygens (including phenoxy) is 1. The number of hydrogen-bond acceptors (Lipinski definition) is 3. The largest absolute Gasteiger partial charge is 0.483 e. The van der Waals surface area contributed by atoms with Crippen LogP contribution in [0.1, 0.15) is 21.9 Å². The second-order valence-corrected chi connectivity index (χ2v) is 7.29. The minimum atomic E-state index is -0.105. The third-order valence-corrected chi connectivity index (χ3v) is 5.01. The second-order valence-electron chi connectivity index (χ2n) is 6.48. The molecule has 4 rings (SSSR count). The van der Waals surface area contributed by atoms with E-state index in [0.717, 1.165) is 5.69 Å². The highest BCUT2D eigenvalue weighted by Crippen LogP contribution is 2.33. The average molecular weight is 438 g/mol. The number of furan rings is 1. The van der Waals surface area contributed by atoms with Crippen molar-refractivity contribution in [3.63, 3.8) is 0 Å². The molecule has 0 spiro atoms. The number of halogens is 2. The highest BCUT2D eigenvalue weighted by atomic mass is 35.5. The number of ketones is 1. The first-order chi connectivity index (χ1) is 14.6. The Morgan fingerprint density at radius 3 is 2.33 bits per heavy atom. The van der Waals surface area contributed by atoms with Crippen molar-refractivity contribution in [1.82, 2.24) is 4.57 Å². The van der Waals surface area contributed by atoms with Crippen LogP contribution in [-0.4, -0.2) is 10.4 Å². The molecule has 0 fully saturated rings. The number of para-hydroxylation sites is 1. The summed E-state index contributed by atoms with van der Waals surface area (Å²) in [5.74, 6) is 1.45. The van der Waals surface area contributed by atoms with Crippen molar-refractivity contribution >= 4 is 35.1 Å². The number of carbonyl (C=O) groups is 1. The summed E-state index contributed by atoms with van der Waals surface area (Å²) in [7, 11) is 0. The van der Waals surface area contributed by atoms with Crippen molar-refractivity contribution in [1.29, 1.82) is 0 Å². The Morgan fingerprint density at radius 2 is 1.63 bits per heavy atom. The quantitative estimate of drug-likeness (QED) is 0.234. The molecule has 0 unspecified atom stereocenters. The summed E-state index contributed by atoms with van der Waals surface area (Å²) in [6, 6.07) is 20.0. The van der Waals surface area contributed by atoms with Gasteiger partial charge in [-0.2, -0.15) is 0 Å². The zero-order chi connectivity index (χ0) is 20.9. The molecule has 2 aromatic carbocycles. The van der Waals surface area contributed by atoms with E-state index in [0.29, 0.717) is 32.9 Å². The van der Waals surface area contributed by atoms with Crippen LogP contribution in [0.25, 0.3) is 11.8 Å². The lowest BCUT2D eigenvalue weighted by Crippen LogP contribution is -1.96. The molecule has 2 heterocycles. The van der Waals surface area contributed by atoms with E-state index >= 15 is 0 Å². The molecule has 0 bridgehead atoms. The highest BCUT2D eigenvalue weighted by molar-refractivity contribution is 6.37. The fraction of sp³-hybridized carbons (Fsp3) is 0.0417. The molecule has 2 aromatic heterocycles. The second kappa shape index (κ2) is 9.08. The Balaban J connectivity index is 1.37. The fourth-order valence-electron chi connectivity index (χ4n) is 2.88. The van der Waals surface area contributed by atoms with Gasteiger partial charge in [0.15, 0.2) is 11.5 Å². The smallest absolute Gasteiger partial charge is 0.185 e. The average Bonchev–Trinajstić information content (AvgIpc) is 3.44. The van der Waals surface area contributed by atoms with E-state index in [2.05, 4.69) is 0 Å². The van der Waals surface area contributed by atoms with Gasteiger partial charge in [0.2, 0.25) is 0 Å². The predicted molar refractivity (Wildman–Crippen MR) is 119 cm³/mol. The molecule has 0 saturated heterocycles. The number of carbonyl (C=O) groups excluding carboxylic acids is 1. The van der Waals surface area contributed by atoms with Crippen LogP contribution in [-0.2, 0) is 6.61 Å². The fourth-order valence-corrected chi connectivity index (χ4v) is 3.39. The lowest BCUT2D eigenvalue weighted by molar-refractivity contribution is 0.104. The Bertz CT molecular complexity index is 1160. The van der Waals surface area contributed by atoms with E-state index in [9.17, 15) is 4.79 Å². The number of benzene rings is 2. The van der Waals surface area contributed by atoms with Crippen LogP contribution in [0.15, 0.2) is 89.6 Å². The minimum Gasteiger partial charge on any atom is -0.483 e. The Labute approximate surface area is 183 Å². The van der Waals surface area contributed by atoms with Crippen LogP contribution in [0.3, 0.4) is 0 Å². The van der Waals surface area contributed by atoms with Gasteiger partial charge in [0, 0.05) is 23.6 Å². The van der Waals surface area contributed by atoms with Crippen molar-refractivity contribution in [3.05, 3.63) is 112 Å². The minimum absolute atomic E-state index is 0.105. The molecule has 0 aliphatic carbocycles. The number of aromatic nitrogens is 1. The molecular weight excluding hydrogens is 421 g/mol. The topological polar surface area (TPSA) is 44.4 Å². The maximum atomic E-state index is 12.4. The summed E-state index contributed by atoms with van der Waals surface area (Å²) in [6.45, 7) is 0.173. The van der Waals surface area contributed by atoms with Crippen LogP contribution in [0.2, 0.25) is 10.0 Å². The summed E-state index contributed by atoms with van der Waals surface area (Å²) < 4.78 is 13.3. The van der Waals surface area contributed by atoms with Crippen molar-refractivity contribution in [2.45, 2.75) is 6.61 Å². The SMILES string of the molecule is O=C(/C=C/c1ccc(COc2c(Cl)cccc2Cl)o1)c1ccc(-n2cccc2)cc1. The molecule has 30 heavy (non-hydrogen) atoms. The summed E-state index contributed by atoms with van der Waals surface area (Å²) in [5, 5.41) is 0.866. The molecule has 150 valence electrons. The maximum Gasteiger partial charge on any atom is 0.185 e. The van der Waals surface area contributed by atoms with Gasteiger partial charge in [-0.3, -0.25) is 4.79 Å². The zero-order valence-corrected chi connectivity index (χ0v) is 17.3. The van der Waals surface area contributed by atoms with Crippen molar-refractivity contribution in [2.75, 3.05) is 0 Å². The van der Waals surface area contributed by atoms with E-state index in [-0.39, 0.29) is 12.4 Å². The summed E-state index contributed by atoms with van der Waals surface area (Å²) >= 11 is 12.2. The van der Waals surface area contributed by atoms with Crippen LogP contribution in [0, 0.1) is 0 Å². The van der Waals surface area contributed by atoms with Gasteiger partial charge in [0.05, 0.1) is 10.0 Å². The molecule has 0 atom stereocenters. The Morgan fingerprint density at radius 1 is 0.933 bits per heavy atom. The highest BCUT2D eigenvalue weighted by Gasteiger charge is 2.09. The summed E-state index contributed by atoms with van der Waals surface area (Å²) in [4.78, 5) is 12.4. The first-order valence-electron chi connectivity index (χ1n) is 9.21. The summed E-state index contributed by atoms with van der Waals surface area (Å²) in [6.07, 6.45) is 7.02. The van der Waals surface area contributed by atoms with Gasteiger partial charge in [0.1, 0.15) is 18.1 Å². The van der Waals surface area contributed by atoms with Gasteiger partial charge in [-0.15, -0.1) is 0 Å². The van der Waals surface area contributed by atoms with Crippen molar-refractivity contribution < 1.29 is 13.9 Å². The maximum absolute atomic E-state index is 12.4. The molecule has 0 saturated carbocycles. The van der Waals surface area contributed by atoms with E-state index in [1.807, 2.05) is 41.2 Å². The molecule has 6 heteroatoms. The molecule has 0 aliphatic heterocycles. The van der Waals surface area contributed by atoms with Crippen molar-refractivity contribution in [3.8, 4) is 11.4 Å². The monoisotopic (exact) mass is 437 g/mol. The van der Waals surface area contributed by atoms with Gasteiger partial charge < -0.3 is 13.7 Å². The van der Waals surface area contributed by atoms with Gasteiger partial charge >= 0.3 is 0 Å². The van der Waals surface area contributed by atoms with E-state index < -0.39 is 0 Å². The van der Waals surface area contributed by atoms with Crippen molar-refractivity contribution in [2.24, 2.45) is 0 Å². The lowest BCUT2D eigenvalue weighted by atomic mass is 10.1. The number of nitrogens with zero attached hydrogens (tertiary/aromatic N) is 1. The van der Waals surface area contributed by atoms with Gasteiger partial charge in [-0.25, -0.2) is 0 Å². The molecule has 0 N–H and O–H groups in total. The van der Waals surface area contributed by atoms with Crippen LogP contribution >= 0.6 is 23.2 Å². The molecular formula is C24H17Cl2NO3. The molecule has 4 aromatic rings. The molecule has 4 nitrogen and oxygen atoms in total. The first kappa shape index (κ1) is 20.1. The van der Waals surface area contributed by atoms with Gasteiger partial charge in [-0.1, -0.05) is 29.3 Å². The molecule has 0 aliphatic rings. The third kappa shape index (κ3) is 4.67. The van der Waals surface area contributed by atoms with Gasteiger partial charge in [-0.05, 0) is 72.8 Å². The molecule has 0 amide bonds. The summed E-state index contributed by atoms with van der Waals surface area (Å²) in [5.41, 5.74) is 1.60. The van der Waals surface area contributed by atoms with E-state index in [1.165, 1.54) is 6.08 Å².